The van der Waals surface area contributed by atoms with Gasteiger partial charge in [0.05, 0.1) is 5.92 Å². The predicted octanol–water partition coefficient (Wildman–Crippen LogP) is 3.41. The highest BCUT2D eigenvalue weighted by atomic mass is 16.5. The van der Waals surface area contributed by atoms with Crippen LogP contribution in [0.3, 0.4) is 0 Å². The number of hydrogen-bond donors (Lipinski definition) is 1. The molecule has 0 spiro atoms. The number of likely N-dealkylation sites (tertiary alicyclic amines) is 1. The van der Waals surface area contributed by atoms with Gasteiger partial charge < -0.3 is 9.51 Å². The number of aromatic amines is 1. The van der Waals surface area contributed by atoms with Gasteiger partial charge in [0.15, 0.2) is 5.82 Å². The van der Waals surface area contributed by atoms with Crippen LogP contribution in [0.1, 0.15) is 55.8 Å². The van der Waals surface area contributed by atoms with Crippen LogP contribution in [0.25, 0.3) is 10.9 Å². The summed E-state index contributed by atoms with van der Waals surface area (Å²) in [5.74, 6) is 2.00. The fourth-order valence-corrected chi connectivity index (χ4v) is 3.60. The van der Waals surface area contributed by atoms with Gasteiger partial charge in [0.1, 0.15) is 0 Å². The van der Waals surface area contributed by atoms with Gasteiger partial charge in [-0.05, 0) is 36.9 Å². The number of fused-ring (bicyclic) bond motifs is 1. The maximum atomic E-state index is 12.4. The first-order valence-electron chi connectivity index (χ1n) is 9.27. The maximum Gasteiger partial charge on any atom is 0.252 e. The molecule has 1 aliphatic rings. The Morgan fingerprint density at radius 3 is 3.00 bits per heavy atom. The predicted molar refractivity (Wildman–Crippen MR) is 100 cm³/mol. The third-order valence-corrected chi connectivity index (χ3v) is 5.05. The molecule has 0 amide bonds. The molecular formula is C20H24N4O2. The van der Waals surface area contributed by atoms with Crippen molar-refractivity contribution >= 4 is 10.9 Å². The largest absolute Gasteiger partial charge is 0.339 e. The second-order valence-corrected chi connectivity index (χ2v) is 7.43. The van der Waals surface area contributed by atoms with Crippen LogP contribution in [-0.2, 0) is 6.54 Å². The molecule has 1 saturated heterocycles. The lowest BCUT2D eigenvalue weighted by Crippen LogP contribution is -2.35. The summed E-state index contributed by atoms with van der Waals surface area (Å²) in [6.45, 7) is 6.59. The molecule has 3 aromatic rings. The molecule has 26 heavy (non-hydrogen) atoms. The highest BCUT2D eigenvalue weighted by Crippen LogP contribution is 2.27. The third-order valence-electron chi connectivity index (χ3n) is 5.05. The van der Waals surface area contributed by atoms with Gasteiger partial charge in [0.2, 0.25) is 5.89 Å². The summed E-state index contributed by atoms with van der Waals surface area (Å²) >= 11 is 0. The summed E-state index contributed by atoms with van der Waals surface area (Å²) in [5, 5.41) is 5.15. The molecule has 1 fully saturated rings. The minimum absolute atomic E-state index is 0.00860. The molecule has 3 heterocycles. The molecule has 0 bridgehead atoms. The van der Waals surface area contributed by atoms with Crippen LogP contribution in [-0.4, -0.2) is 33.1 Å². The number of nitrogens with zero attached hydrogens (tertiary/aromatic N) is 3. The Kier molecular flexibility index (Phi) is 4.59. The third kappa shape index (κ3) is 3.42. The summed E-state index contributed by atoms with van der Waals surface area (Å²) in [6, 6.07) is 9.88. The molecule has 1 aliphatic heterocycles. The van der Waals surface area contributed by atoms with E-state index in [1.54, 1.807) is 0 Å². The second kappa shape index (κ2) is 7.03. The molecule has 136 valence electrons. The van der Waals surface area contributed by atoms with E-state index in [0.717, 1.165) is 54.1 Å². The molecule has 0 radical (unpaired) electrons. The number of hydrogen-bond acceptors (Lipinski definition) is 5. The van der Waals surface area contributed by atoms with E-state index in [1.807, 2.05) is 30.3 Å². The average molecular weight is 352 g/mol. The molecule has 1 aromatic carbocycles. The van der Waals surface area contributed by atoms with Crippen LogP contribution >= 0.6 is 0 Å². The van der Waals surface area contributed by atoms with Crippen LogP contribution in [0.4, 0.5) is 0 Å². The van der Waals surface area contributed by atoms with Crippen LogP contribution in [0, 0.1) is 0 Å². The fourth-order valence-electron chi connectivity index (χ4n) is 3.60. The van der Waals surface area contributed by atoms with Crippen LogP contribution in [0.15, 0.2) is 39.6 Å². The van der Waals surface area contributed by atoms with E-state index < -0.39 is 0 Å². The minimum atomic E-state index is -0.00860. The van der Waals surface area contributed by atoms with Crippen molar-refractivity contribution in [1.82, 2.24) is 20.0 Å². The van der Waals surface area contributed by atoms with Crippen LogP contribution < -0.4 is 5.56 Å². The Morgan fingerprint density at radius 2 is 2.19 bits per heavy atom. The van der Waals surface area contributed by atoms with Gasteiger partial charge in [-0.1, -0.05) is 37.2 Å². The molecule has 1 N–H and O–H groups in total. The lowest BCUT2D eigenvalue weighted by Gasteiger charge is -2.30. The first-order valence-corrected chi connectivity index (χ1v) is 9.27. The Morgan fingerprint density at radius 1 is 1.35 bits per heavy atom. The van der Waals surface area contributed by atoms with Crippen molar-refractivity contribution in [3.63, 3.8) is 0 Å². The monoisotopic (exact) mass is 352 g/mol. The van der Waals surface area contributed by atoms with E-state index >= 15 is 0 Å². The van der Waals surface area contributed by atoms with Gasteiger partial charge in [-0.15, -0.1) is 0 Å². The minimum Gasteiger partial charge on any atom is -0.339 e. The van der Waals surface area contributed by atoms with E-state index in [1.165, 1.54) is 0 Å². The fraction of sp³-hybridized carbons (Fsp3) is 0.450. The van der Waals surface area contributed by atoms with Gasteiger partial charge >= 0.3 is 0 Å². The number of rotatable bonds is 4. The molecule has 0 unspecified atom stereocenters. The number of benzene rings is 1. The van der Waals surface area contributed by atoms with Gasteiger partial charge in [0, 0.05) is 30.1 Å². The van der Waals surface area contributed by atoms with Crippen molar-refractivity contribution in [2.45, 2.75) is 45.1 Å². The molecule has 6 heteroatoms. The normalized spacial score (nSPS) is 18.7. The summed E-state index contributed by atoms with van der Waals surface area (Å²) in [5.41, 5.74) is 1.67. The number of H-pyrrole nitrogens is 1. The van der Waals surface area contributed by atoms with E-state index in [0.29, 0.717) is 6.54 Å². The molecule has 0 saturated carbocycles. The number of aromatic nitrogens is 3. The molecule has 2 aromatic heterocycles. The van der Waals surface area contributed by atoms with Crippen molar-refractivity contribution < 1.29 is 4.52 Å². The highest BCUT2D eigenvalue weighted by molar-refractivity contribution is 5.78. The number of pyridine rings is 1. The topological polar surface area (TPSA) is 75.0 Å². The van der Waals surface area contributed by atoms with E-state index in [4.69, 9.17) is 4.52 Å². The lowest BCUT2D eigenvalue weighted by molar-refractivity contribution is 0.179. The first kappa shape index (κ1) is 17.0. The molecule has 6 nitrogen and oxygen atoms in total. The quantitative estimate of drug-likeness (QED) is 0.779. The first-order chi connectivity index (χ1) is 12.6. The van der Waals surface area contributed by atoms with Crippen molar-refractivity contribution in [2.24, 2.45) is 0 Å². The van der Waals surface area contributed by atoms with E-state index in [2.05, 4.69) is 33.9 Å². The summed E-state index contributed by atoms with van der Waals surface area (Å²) < 4.78 is 5.49. The smallest absolute Gasteiger partial charge is 0.252 e. The second-order valence-electron chi connectivity index (χ2n) is 7.43. The Hall–Kier alpha value is -2.47. The van der Waals surface area contributed by atoms with Gasteiger partial charge in [-0.3, -0.25) is 9.69 Å². The summed E-state index contributed by atoms with van der Waals surface area (Å²) in [4.78, 5) is 22.3. The number of piperidine rings is 1. The Balaban J connectivity index is 1.51. The van der Waals surface area contributed by atoms with Crippen LogP contribution in [0.5, 0.6) is 0 Å². The van der Waals surface area contributed by atoms with Crippen molar-refractivity contribution in [3.8, 4) is 0 Å². The zero-order chi connectivity index (χ0) is 18.1. The zero-order valence-electron chi connectivity index (χ0n) is 15.2. The molecule has 4 rings (SSSR count). The number of para-hydroxylation sites is 1. The molecule has 0 aliphatic carbocycles. The van der Waals surface area contributed by atoms with Crippen molar-refractivity contribution in [1.29, 1.82) is 0 Å². The van der Waals surface area contributed by atoms with Gasteiger partial charge in [0.25, 0.3) is 5.56 Å². The van der Waals surface area contributed by atoms with Crippen LogP contribution in [0.2, 0.25) is 0 Å². The summed E-state index contributed by atoms with van der Waals surface area (Å²) in [6.07, 6.45) is 2.11. The lowest BCUT2D eigenvalue weighted by atomic mass is 9.97. The highest BCUT2D eigenvalue weighted by Gasteiger charge is 2.26. The summed E-state index contributed by atoms with van der Waals surface area (Å²) in [7, 11) is 0. The average Bonchev–Trinajstić information content (AvgIpc) is 3.13. The van der Waals surface area contributed by atoms with E-state index in [-0.39, 0.29) is 17.4 Å². The zero-order valence-corrected chi connectivity index (χ0v) is 15.2. The van der Waals surface area contributed by atoms with Gasteiger partial charge in [-0.25, -0.2) is 0 Å². The van der Waals surface area contributed by atoms with E-state index in [9.17, 15) is 4.79 Å². The number of nitrogens with one attached hydrogen (secondary N) is 1. The van der Waals surface area contributed by atoms with Crippen molar-refractivity contribution in [2.75, 3.05) is 13.1 Å². The Labute approximate surface area is 152 Å². The van der Waals surface area contributed by atoms with Gasteiger partial charge in [-0.2, -0.15) is 4.98 Å². The maximum absolute atomic E-state index is 12.4. The molecular weight excluding hydrogens is 328 g/mol. The Bertz CT molecular complexity index is 960. The molecule has 1 atom stereocenters. The SMILES string of the molecule is CC(C)c1noc([C@@H]2CCCN(Cc3cc4ccccc4[nH]c3=O)C2)n1. The standard InChI is InChI=1S/C20H24N4O2/c1-13(2)18-22-20(26-23-18)15-7-5-9-24(11-15)12-16-10-14-6-3-4-8-17(14)21-19(16)25/h3-4,6,8,10,13,15H,5,7,9,11-12H2,1-2H3,(H,21,25)/t15-/m1/s1. The van der Waals surface area contributed by atoms with Crippen molar-refractivity contribution in [3.05, 3.63) is 58.0 Å².